The number of halogens is 4. The molecule has 1 amide bonds. The monoisotopic (exact) mass is 295 g/mol. The van der Waals surface area contributed by atoms with Crippen molar-refractivity contribution in [1.82, 2.24) is 5.32 Å². The van der Waals surface area contributed by atoms with E-state index in [1.165, 1.54) is 0 Å². The van der Waals surface area contributed by atoms with Crippen molar-refractivity contribution in [2.45, 2.75) is 6.18 Å². The Hall–Kier alpha value is -2.23. The van der Waals surface area contributed by atoms with Crippen LogP contribution in [-0.4, -0.2) is 30.1 Å². The normalized spacial score (nSPS) is 11.2. The van der Waals surface area contributed by atoms with Gasteiger partial charge in [0.25, 0.3) is 5.69 Å². The quantitative estimate of drug-likeness (QED) is 0.493. The zero-order valence-corrected chi connectivity index (χ0v) is 9.83. The lowest BCUT2D eigenvalue weighted by atomic mass is 10.2. The van der Waals surface area contributed by atoms with Crippen LogP contribution in [0.1, 0.15) is 0 Å². The van der Waals surface area contributed by atoms with Crippen molar-refractivity contribution < 1.29 is 27.3 Å². The first-order chi connectivity index (χ1) is 9.19. The zero-order valence-electron chi connectivity index (χ0n) is 9.83. The Morgan fingerprint density at radius 3 is 2.55 bits per heavy atom. The first-order valence-corrected chi connectivity index (χ1v) is 5.20. The topological polar surface area (TPSA) is 84.3 Å². The fourth-order valence-corrected chi connectivity index (χ4v) is 1.28. The summed E-state index contributed by atoms with van der Waals surface area (Å²) >= 11 is 0. The van der Waals surface area contributed by atoms with E-state index < -0.39 is 47.3 Å². The molecule has 0 saturated carbocycles. The molecule has 6 nitrogen and oxygen atoms in total. The fraction of sp³-hybridized carbons (Fsp3) is 0.300. The lowest BCUT2D eigenvalue weighted by Gasteiger charge is -2.09. The van der Waals surface area contributed by atoms with E-state index in [0.717, 1.165) is 12.1 Å². The molecule has 1 aromatic carbocycles. The van der Waals surface area contributed by atoms with E-state index in [1.807, 2.05) is 10.6 Å². The van der Waals surface area contributed by atoms with Gasteiger partial charge in [-0.25, -0.2) is 4.39 Å². The number of nitrogens with one attached hydrogen (secondary N) is 2. The summed E-state index contributed by atoms with van der Waals surface area (Å²) in [7, 11) is 0. The van der Waals surface area contributed by atoms with Gasteiger partial charge in [0.1, 0.15) is 11.5 Å². The highest BCUT2D eigenvalue weighted by molar-refractivity contribution is 5.94. The molecular formula is C10H9F4N3O3. The van der Waals surface area contributed by atoms with Crippen LogP contribution in [0.25, 0.3) is 0 Å². The van der Waals surface area contributed by atoms with E-state index in [0.29, 0.717) is 6.07 Å². The second-order valence-electron chi connectivity index (χ2n) is 3.69. The van der Waals surface area contributed by atoms with Crippen molar-refractivity contribution in [1.29, 1.82) is 0 Å². The molecule has 0 bridgehead atoms. The number of carbonyl (C=O) groups is 1. The molecule has 110 valence electrons. The molecule has 0 unspecified atom stereocenters. The highest BCUT2D eigenvalue weighted by Gasteiger charge is 2.26. The van der Waals surface area contributed by atoms with Gasteiger partial charge in [-0.3, -0.25) is 14.9 Å². The Balaban J connectivity index is 2.66. The van der Waals surface area contributed by atoms with Gasteiger partial charge in [-0.15, -0.1) is 0 Å². The average Bonchev–Trinajstić information content (AvgIpc) is 2.26. The van der Waals surface area contributed by atoms with E-state index in [-0.39, 0.29) is 0 Å². The molecule has 0 saturated heterocycles. The molecule has 0 radical (unpaired) electrons. The van der Waals surface area contributed by atoms with Crippen LogP contribution in [-0.2, 0) is 4.79 Å². The summed E-state index contributed by atoms with van der Waals surface area (Å²) in [6, 6.07) is 2.38. The van der Waals surface area contributed by atoms with Crippen LogP contribution >= 0.6 is 0 Å². The third kappa shape index (κ3) is 5.18. The molecule has 0 aromatic heterocycles. The number of hydrogen-bond acceptors (Lipinski definition) is 4. The third-order valence-corrected chi connectivity index (χ3v) is 2.04. The Morgan fingerprint density at radius 1 is 1.35 bits per heavy atom. The number of nitrogens with zero attached hydrogens (tertiary/aromatic N) is 1. The maximum atomic E-state index is 12.9. The van der Waals surface area contributed by atoms with Gasteiger partial charge in [0.2, 0.25) is 5.91 Å². The Bertz CT molecular complexity index is 519. The number of benzene rings is 1. The molecule has 0 aliphatic carbocycles. The Morgan fingerprint density at radius 2 is 2.00 bits per heavy atom. The van der Waals surface area contributed by atoms with E-state index in [9.17, 15) is 32.5 Å². The molecule has 0 aliphatic heterocycles. The second kappa shape index (κ2) is 6.28. The lowest BCUT2D eigenvalue weighted by Crippen LogP contribution is -2.35. The van der Waals surface area contributed by atoms with Crippen molar-refractivity contribution in [2.75, 3.05) is 18.4 Å². The molecule has 0 spiro atoms. The number of rotatable bonds is 5. The van der Waals surface area contributed by atoms with Crippen LogP contribution in [0, 0.1) is 15.9 Å². The average molecular weight is 295 g/mol. The molecule has 2 N–H and O–H groups in total. The minimum absolute atomic E-state index is 0.422. The Kier molecular flexibility index (Phi) is 4.97. The van der Waals surface area contributed by atoms with Gasteiger partial charge in [-0.2, -0.15) is 13.2 Å². The summed E-state index contributed by atoms with van der Waals surface area (Å²) < 4.78 is 48.4. The van der Waals surface area contributed by atoms with Gasteiger partial charge in [0.05, 0.1) is 18.0 Å². The van der Waals surface area contributed by atoms with Gasteiger partial charge in [0.15, 0.2) is 0 Å². The summed E-state index contributed by atoms with van der Waals surface area (Å²) in [6.07, 6.45) is -4.48. The Labute approximate surface area is 109 Å². The first kappa shape index (κ1) is 15.8. The number of nitro groups is 1. The maximum Gasteiger partial charge on any atom is 0.401 e. The molecular weight excluding hydrogens is 286 g/mol. The second-order valence-corrected chi connectivity index (χ2v) is 3.69. The fourth-order valence-electron chi connectivity index (χ4n) is 1.28. The van der Waals surface area contributed by atoms with Crippen molar-refractivity contribution in [3.8, 4) is 0 Å². The highest BCUT2D eigenvalue weighted by Crippen LogP contribution is 2.24. The molecule has 20 heavy (non-hydrogen) atoms. The van der Waals surface area contributed by atoms with Gasteiger partial charge in [-0.1, -0.05) is 0 Å². The molecule has 1 rings (SSSR count). The number of alkyl halides is 3. The van der Waals surface area contributed by atoms with Gasteiger partial charge < -0.3 is 10.6 Å². The predicted molar refractivity (Wildman–Crippen MR) is 60.6 cm³/mol. The van der Waals surface area contributed by atoms with Crippen LogP contribution in [0.5, 0.6) is 0 Å². The van der Waals surface area contributed by atoms with Crippen LogP contribution in [0.2, 0.25) is 0 Å². The minimum Gasteiger partial charge on any atom is -0.319 e. The van der Waals surface area contributed by atoms with E-state index in [1.54, 1.807) is 0 Å². The SMILES string of the molecule is O=C(CNCC(F)(F)F)Nc1cc(F)ccc1[N+](=O)[O-]. The van der Waals surface area contributed by atoms with Crippen molar-refractivity contribution >= 4 is 17.3 Å². The largest absolute Gasteiger partial charge is 0.401 e. The number of amides is 1. The summed E-state index contributed by atoms with van der Waals surface area (Å²) in [6.45, 7) is -2.10. The highest BCUT2D eigenvalue weighted by atomic mass is 19.4. The van der Waals surface area contributed by atoms with Crippen molar-refractivity contribution in [3.05, 3.63) is 34.1 Å². The molecule has 10 heteroatoms. The summed E-state index contributed by atoms with van der Waals surface area (Å²) in [5, 5.41) is 14.4. The summed E-state index contributed by atoms with van der Waals surface area (Å²) in [5.41, 5.74) is -0.982. The van der Waals surface area contributed by atoms with E-state index in [2.05, 4.69) is 0 Å². The van der Waals surface area contributed by atoms with Gasteiger partial charge in [-0.05, 0) is 6.07 Å². The zero-order chi connectivity index (χ0) is 15.3. The van der Waals surface area contributed by atoms with Crippen LogP contribution in [0.3, 0.4) is 0 Å². The lowest BCUT2D eigenvalue weighted by molar-refractivity contribution is -0.384. The standard InChI is InChI=1S/C10H9F4N3O3/c11-6-1-2-8(17(19)20)7(3-6)16-9(18)4-15-5-10(12,13)14/h1-3,15H,4-5H2,(H,16,18). The molecule has 0 heterocycles. The van der Waals surface area contributed by atoms with Crippen LogP contribution < -0.4 is 10.6 Å². The number of nitro benzene ring substituents is 1. The molecule has 1 aromatic rings. The molecule has 0 fully saturated rings. The van der Waals surface area contributed by atoms with E-state index >= 15 is 0 Å². The van der Waals surface area contributed by atoms with E-state index in [4.69, 9.17) is 0 Å². The minimum atomic E-state index is -4.48. The van der Waals surface area contributed by atoms with Crippen molar-refractivity contribution in [2.24, 2.45) is 0 Å². The number of hydrogen-bond donors (Lipinski definition) is 2. The first-order valence-electron chi connectivity index (χ1n) is 5.20. The number of carbonyl (C=O) groups excluding carboxylic acids is 1. The number of anilines is 1. The van der Waals surface area contributed by atoms with Gasteiger partial charge >= 0.3 is 6.18 Å². The predicted octanol–water partition coefficient (Wildman–Crippen LogP) is 1.82. The van der Waals surface area contributed by atoms with Crippen LogP contribution in [0.15, 0.2) is 18.2 Å². The van der Waals surface area contributed by atoms with Gasteiger partial charge in [0, 0.05) is 12.1 Å². The van der Waals surface area contributed by atoms with Crippen molar-refractivity contribution in [3.63, 3.8) is 0 Å². The van der Waals surface area contributed by atoms with Crippen LogP contribution in [0.4, 0.5) is 28.9 Å². The molecule has 0 aliphatic rings. The summed E-state index contributed by atoms with van der Waals surface area (Å²) in [5.74, 6) is -1.78. The third-order valence-electron chi connectivity index (χ3n) is 2.04. The maximum absolute atomic E-state index is 12.9. The smallest absolute Gasteiger partial charge is 0.319 e. The summed E-state index contributed by atoms with van der Waals surface area (Å²) in [4.78, 5) is 21.1. The molecule has 0 atom stereocenters.